The van der Waals surface area contributed by atoms with Crippen molar-refractivity contribution in [3.63, 3.8) is 0 Å². The van der Waals surface area contributed by atoms with E-state index < -0.39 is 0 Å². The van der Waals surface area contributed by atoms with Crippen molar-refractivity contribution < 1.29 is 0 Å². The summed E-state index contributed by atoms with van der Waals surface area (Å²) in [5.74, 6) is 0. The molecule has 0 atom stereocenters. The summed E-state index contributed by atoms with van der Waals surface area (Å²) in [6.45, 7) is 7.67. The second-order valence-corrected chi connectivity index (χ2v) is 4.10. The number of hydrogen-bond acceptors (Lipinski definition) is 2. The average Bonchev–Trinajstić information content (AvgIpc) is 2.64. The molecule has 2 heteroatoms. The predicted molar refractivity (Wildman–Crippen MR) is 58.9 cm³/mol. The van der Waals surface area contributed by atoms with Gasteiger partial charge in [0.15, 0.2) is 0 Å². The van der Waals surface area contributed by atoms with Crippen LogP contribution < -0.4 is 5.43 Å². The summed E-state index contributed by atoms with van der Waals surface area (Å²) < 4.78 is 0. The number of benzene rings is 1. The first kappa shape index (κ1) is 9.69. The Morgan fingerprint density at radius 3 is 2.79 bits per heavy atom. The van der Waals surface area contributed by atoms with Gasteiger partial charge in [0.25, 0.3) is 0 Å². The van der Waals surface area contributed by atoms with Crippen molar-refractivity contribution in [1.82, 2.24) is 10.4 Å². The lowest BCUT2D eigenvalue weighted by molar-refractivity contribution is 0.244. The molecule has 0 amide bonds. The van der Waals surface area contributed by atoms with E-state index in [9.17, 15) is 0 Å². The molecule has 1 fully saturated rings. The molecular weight excluding hydrogens is 172 g/mol. The third-order valence-electron chi connectivity index (χ3n) is 2.88. The molecule has 1 N–H and O–H groups in total. The van der Waals surface area contributed by atoms with Crippen LogP contribution in [-0.4, -0.2) is 18.1 Å². The fourth-order valence-corrected chi connectivity index (χ4v) is 1.84. The minimum absolute atomic E-state index is 1.03. The molecule has 2 nitrogen and oxygen atoms in total. The minimum Gasteiger partial charge on any atom is -0.255 e. The molecule has 1 heterocycles. The highest BCUT2D eigenvalue weighted by atomic mass is 15.5. The number of rotatable bonds is 2. The second-order valence-electron chi connectivity index (χ2n) is 4.10. The highest BCUT2D eigenvalue weighted by molar-refractivity contribution is 5.29. The van der Waals surface area contributed by atoms with Crippen LogP contribution in [0.1, 0.15) is 23.1 Å². The molecule has 0 unspecified atom stereocenters. The normalized spacial score (nSPS) is 17.6. The molecule has 1 aliphatic heterocycles. The van der Waals surface area contributed by atoms with E-state index in [0.717, 1.165) is 13.1 Å². The van der Waals surface area contributed by atoms with Crippen LogP contribution >= 0.6 is 0 Å². The molecule has 0 aliphatic carbocycles. The quantitative estimate of drug-likeness (QED) is 0.767. The van der Waals surface area contributed by atoms with Crippen molar-refractivity contribution in [1.29, 1.82) is 0 Å². The molecule has 0 saturated carbocycles. The minimum atomic E-state index is 1.03. The van der Waals surface area contributed by atoms with Crippen LogP contribution in [0.25, 0.3) is 0 Å². The van der Waals surface area contributed by atoms with Crippen LogP contribution in [0.2, 0.25) is 0 Å². The number of aryl methyl sites for hydroxylation is 2. The van der Waals surface area contributed by atoms with E-state index >= 15 is 0 Å². The number of nitrogens with zero attached hydrogens (tertiary/aromatic N) is 1. The Morgan fingerprint density at radius 1 is 1.29 bits per heavy atom. The Morgan fingerprint density at radius 2 is 2.14 bits per heavy atom. The van der Waals surface area contributed by atoms with E-state index in [4.69, 9.17) is 0 Å². The smallest absolute Gasteiger partial charge is 0.0381 e. The van der Waals surface area contributed by atoms with Gasteiger partial charge in [-0.3, -0.25) is 5.43 Å². The zero-order chi connectivity index (χ0) is 9.97. The largest absolute Gasteiger partial charge is 0.255 e. The van der Waals surface area contributed by atoms with E-state index in [-0.39, 0.29) is 0 Å². The molecule has 2 rings (SSSR count). The first-order chi connectivity index (χ1) is 6.75. The van der Waals surface area contributed by atoms with Crippen molar-refractivity contribution in [2.45, 2.75) is 26.8 Å². The molecule has 0 spiro atoms. The van der Waals surface area contributed by atoms with Crippen LogP contribution in [-0.2, 0) is 6.54 Å². The molecule has 0 radical (unpaired) electrons. The van der Waals surface area contributed by atoms with E-state index in [1.54, 1.807) is 0 Å². The van der Waals surface area contributed by atoms with Gasteiger partial charge < -0.3 is 0 Å². The van der Waals surface area contributed by atoms with Crippen LogP contribution in [0.5, 0.6) is 0 Å². The van der Waals surface area contributed by atoms with Crippen molar-refractivity contribution >= 4 is 0 Å². The van der Waals surface area contributed by atoms with E-state index in [1.807, 2.05) is 0 Å². The van der Waals surface area contributed by atoms with Crippen molar-refractivity contribution in [2.24, 2.45) is 0 Å². The van der Waals surface area contributed by atoms with Gasteiger partial charge in [-0.2, -0.15) is 0 Å². The van der Waals surface area contributed by atoms with Gasteiger partial charge in [0.2, 0.25) is 0 Å². The summed E-state index contributed by atoms with van der Waals surface area (Å²) in [5, 5.41) is 2.30. The van der Waals surface area contributed by atoms with Crippen molar-refractivity contribution in [3.05, 3.63) is 34.9 Å². The highest BCUT2D eigenvalue weighted by Gasteiger charge is 2.10. The Kier molecular flexibility index (Phi) is 2.85. The highest BCUT2D eigenvalue weighted by Crippen LogP contribution is 2.12. The molecule has 1 aliphatic rings. The molecule has 76 valence electrons. The Hall–Kier alpha value is -0.860. The Bertz CT molecular complexity index is 314. The SMILES string of the molecule is Cc1ccc(CN2CCCN2)cc1C. The zero-order valence-corrected chi connectivity index (χ0v) is 9.01. The van der Waals surface area contributed by atoms with Gasteiger partial charge in [0.05, 0.1) is 0 Å². The maximum absolute atomic E-state index is 3.37. The van der Waals surface area contributed by atoms with Gasteiger partial charge >= 0.3 is 0 Å². The van der Waals surface area contributed by atoms with Gasteiger partial charge in [0, 0.05) is 19.6 Å². The summed E-state index contributed by atoms with van der Waals surface area (Å²) in [6, 6.07) is 6.72. The Labute approximate surface area is 85.9 Å². The fourth-order valence-electron chi connectivity index (χ4n) is 1.84. The van der Waals surface area contributed by atoms with Crippen LogP contribution in [0.3, 0.4) is 0 Å². The molecule has 14 heavy (non-hydrogen) atoms. The number of hydrogen-bond donors (Lipinski definition) is 1. The monoisotopic (exact) mass is 190 g/mol. The molecule has 0 bridgehead atoms. The third-order valence-corrected chi connectivity index (χ3v) is 2.88. The average molecular weight is 190 g/mol. The fraction of sp³-hybridized carbons (Fsp3) is 0.500. The van der Waals surface area contributed by atoms with Gasteiger partial charge in [-0.1, -0.05) is 18.2 Å². The van der Waals surface area contributed by atoms with Crippen molar-refractivity contribution in [2.75, 3.05) is 13.1 Å². The van der Waals surface area contributed by atoms with Gasteiger partial charge in [-0.25, -0.2) is 5.01 Å². The van der Waals surface area contributed by atoms with E-state index in [1.165, 1.54) is 29.7 Å². The summed E-state index contributed by atoms with van der Waals surface area (Å²) >= 11 is 0. The molecule has 0 aromatic heterocycles. The van der Waals surface area contributed by atoms with Crippen molar-refractivity contribution in [3.8, 4) is 0 Å². The van der Waals surface area contributed by atoms with Crippen LogP contribution in [0, 0.1) is 13.8 Å². The topological polar surface area (TPSA) is 15.3 Å². The van der Waals surface area contributed by atoms with E-state index in [2.05, 4.69) is 42.5 Å². The molecule has 1 aromatic rings. The maximum atomic E-state index is 3.37. The molecule has 1 aromatic carbocycles. The first-order valence-corrected chi connectivity index (χ1v) is 5.30. The Balaban J connectivity index is 2.05. The zero-order valence-electron chi connectivity index (χ0n) is 9.01. The van der Waals surface area contributed by atoms with Gasteiger partial charge in [-0.05, 0) is 37.0 Å². The lowest BCUT2D eigenvalue weighted by Gasteiger charge is -2.15. The van der Waals surface area contributed by atoms with Crippen LogP contribution in [0.4, 0.5) is 0 Å². The van der Waals surface area contributed by atoms with E-state index in [0.29, 0.717) is 0 Å². The summed E-state index contributed by atoms with van der Waals surface area (Å²) in [7, 11) is 0. The van der Waals surface area contributed by atoms with Crippen LogP contribution in [0.15, 0.2) is 18.2 Å². The first-order valence-electron chi connectivity index (χ1n) is 5.30. The molecular formula is C12H18N2. The number of nitrogens with one attached hydrogen (secondary N) is 1. The summed E-state index contributed by atoms with van der Waals surface area (Å²) in [5.41, 5.74) is 7.55. The second kappa shape index (κ2) is 4.11. The van der Waals surface area contributed by atoms with Gasteiger partial charge in [-0.15, -0.1) is 0 Å². The molecule has 1 saturated heterocycles. The predicted octanol–water partition coefficient (Wildman–Crippen LogP) is 2.01. The maximum Gasteiger partial charge on any atom is 0.0381 e. The third kappa shape index (κ3) is 2.14. The lowest BCUT2D eigenvalue weighted by atomic mass is 10.1. The lowest BCUT2D eigenvalue weighted by Crippen LogP contribution is -2.29. The summed E-state index contributed by atoms with van der Waals surface area (Å²) in [6.07, 6.45) is 1.27. The summed E-state index contributed by atoms with van der Waals surface area (Å²) in [4.78, 5) is 0. The number of hydrazine groups is 1. The standard InChI is InChI=1S/C12H18N2/c1-10-4-5-12(8-11(10)2)9-14-7-3-6-13-14/h4-5,8,13H,3,6-7,9H2,1-2H3. The van der Waals surface area contributed by atoms with Gasteiger partial charge in [0.1, 0.15) is 0 Å².